The summed E-state index contributed by atoms with van der Waals surface area (Å²) in [6.45, 7) is 2.02. The smallest absolute Gasteiger partial charge is 0.225 e. The minimum atomic E-state index is -0.0849. The van der Waals surface area contributed by atoms with Gasteiger partial charge in [0.15, 0.2) is 11.5 Å². The van der Waals surface area contributed by atoms with Crippen molar-refractivity contribution < 1.29 is 14.3 Å². The van der Waals surface area contributed by atoms with Crippen LogP contribution >= 0.6 is 12.4 Å². The zero-order chi connectivity index (χ0) is 19.0. The Morgan fingerprint density at radius 2 is 1.86 bits per heavy atom. The van der Waals surface area contributed by atoms with Gasteiger partial charge in [-0.3, -0.25) is 4.79 Å². The van der Waals surface area contributed by atoms with Crippen LogP contribution in [0.25, 0.3) is 0 Å². The quantitative estimate of drug-likeness (QED) is 0.746. The number of hydrogen-bond donors (Lipinski definition) is 2. The van der Waals surface area contributed by atoms with Crippen LogP contribution in [0.15, 0.2) is 18.2 Å². The molecule has 5 unspecified atom stereocenters. The highest BCUT2D eigenvalue weighted by molar-refractivity contribution is 5.85. The first-order chi connectivity index (χ1) is 13.1. The highest BCUT2D eigenvalue weighted by Gasteiger charge is 2.49. The highest BCUT2D eigenvalue weighted by Crippen LogP contribution is 2.47. The summed E-state index contributed by atoms with van der Waals surface area (Å²) in [5.74, 6) is 2.60. The van der Waals surface area contributed by atoms with Gasteiger partial charge in [-0.15, -0.1) is 12.4 Å². The summed E-state index contributed by atoms with van der Waals surface area (Å²) in [6.07, 6.45) is 8.44. The molecule has 28 heavy (non-hydrogen) atoms. The predicted octanol–water partition coefficient (Wildman–Crippen LogP) is 3.99. The molecule has 5 atom stereocenters. The van der Waals surface area contributed by atoms with E-state index in [2.05, 4.69) is 5.32 Å². The molecule has 4 rings (SSSR count). The Morgan fingerprint density at radius 1 is 1.14 bits per heavy atom. The van der Waals surface area contributed by atoms with E-state index in [1.165, 1.54) is 19.3 Å². The predicted molar refractivity (Wildman–Crippen MR) is 112 cm³/mol. The summed E-state index contributed by atoms with van der Waals surface area (Å²) in [4.78, 5) is 12.8. The van der Waals surface area contributed by atoms with Crippen molar-refractivity contribution in [3.8, 4) is 11.5 Å². The van der Waals surface area contributed by atoms with Crippen LogP contribution in [0.4, 0.5) is 0 Å². The molecular formula is C22H33ClN2O3. The maximum Gasteiger partial charge on any atom is 0.225 e. The van der Waals surface area contributed by atoms with Gasteiger partial charge in [0, 0.05) is 6.04 Å². The summed E-state index contributed by atoms with van der Waals surface area (Å²) in [5, 5.41) is 3.18. The fourth-order valence-corrected chi connectivity index (χ4v) is 5.35. The number of hydrogen-bond acceptors (Lipinski definition) is 4. The van der Waals surface area contributed by atoms with E-state index in [1.54, 1.807) is 7.11 Å². The summed E-state index contributed by atoms with van der Waals surface area (Å²) >= 11 is 0. The van der Waals surface area contributed by atoms with E-state index in [0.29, 0.717) is 17.9 Å². The largest absolute Gasteiger partial charge is 0.493 e. The number of methoxy groups -OCH3 is 1. The summed E-state index contributed by atoms with van der Waals surface area (Å²) in [5.41, 5.74) is 7.35. The van der Waals surface area contributed by atoms with Gasteiger partial charge in [-0.2, -0.15) is 0 Å². The van der Waals surface area contributed by atoms with E-state index in [-0.39, 0.29) is 36.3 Å². The SMILES string of the molecule is COc1cc(C(C)NC(=O)C2C3CCC(C3)C2N)ccc1OC1CCCC1.Cl. The highest BCUT2D eigenvalue weighted by atomic mass is 35.5. The second kappa shape index (κ2) is 8.91. The van der Waals surface area contributed by atoms with E-state index in [1.807, 2.05) is 25.1 Å². The maximum atomic E-state index is 12.8. The van der Waals surface area contributed by atoms with Crippen molar-refractivity contribution in [2.24, 2.45) is 23.5 Å². The van der Waals surface area contributed by atoms with E-state index >= 15 is 0 Å². The number of halogens is 1. The molecule has 0 heterocycles. The molecular weight excluding hydrogens is 376 g/mol. The Balaban J connectivity index is 0.00000225. The molecule has 0 radical (unpaired) electrons. The molecule has 0 spiro atoms. The van der Waals surface area contributed by atoms with Crippen LogP contribution in [0, 0.1) is 17.8 Å². The van der Waals surface area contributed by atoms with E-state index in [4.69, 9.17) is 15.2 Å². The molecule has 3 saturated carbocycles. The third-order valence-electron chi connectivity index (χ3n) is 6.93. The van der Waals surface area contributed by atoms with E-state index in [9.17, 15) is 4.79 Å². The van der Waals surface area contributed by atoms with Crippen LogP contribution in [-0.4, -0.2) is 25.2 Å². The second-order valence-electron chi connectivity index (χ2n) is 8.60. The van der Waals surface area contributed by atoms with Gasteiger partial charge in [0.2, 0.25) is 5.91 Å². The lowest BCUT2D eigenvalue weighted by Gasteiger charge is -2.28. The Hall–Kier alpha value is -1.46. The number of amides is 1. The van der Waals surface area contributed by atoms with Gasteiger partial charge in [0.25, 0.3) is 0 Å². The van der Waals surface area contributed by atoms with Gasteiger partial charge < -0.3 is 20.5 Å². The lowest BCUT2D eigenvalue weighted by molar-refractivity contribution is -0.127. The van der Waals surface area contributed by atoms with Crippen LogP contribution in [0.3, 0.4) is 0 Å². The fourth-order valence-electron chi connectivity index (χ4n) is 5.35. The minimum absolute atomic E-state index is 0. The van der Waals surface area contributed by atoms with Crippen LogP contribution in [-0.2, 0) is 4.79 Å². The molecule has 2 bridgehead atoms. The molecule has 3 aliphatic rings. The van der Waals surface area contributed by atoms with Crippen molar-refractivity contribution >= 4 is 18.3 Å². The van der Waals surface area contributed by atoms with Gasteiger partial charge in [-0.1, -0.05) is 6.07 Å². The monoisotopic (exact) mass is 408 g/mol. The molecule has 1 aromatic rings. The number of ether oxygens (including phenoxy) is 2. The van der Waals surface area contributed by atoms with Gasteiger partial charge in [-0.05, 0) is 81.4 Å². The molecule has 5 nitrogen and oxygen atoms in total. The number of nitrogens with two attached hydrogens (primary N) is 1. The normalized spacial score (nSPS) is 30.0. The molecule has 3 aliphatic carbocycles. The Morgan fingerprint density at radius 3 is 2.50 bits per heavy atom. The van der Waals surface area contributed by atoms with Crippen LogP contribution in [0.5, 0.6) is 11.5 Å². The van der Waals surface area contributed by atoms with Gasteiger partial charge in [0.1, 0.15) is 0 Å². The molecule has 3 fully saturated rings. The number of carbonyl (C=O) groups is 1. The molecule has 1 aromatic carbocycles. The first kappa shape index (κ1) is 21.3. The second-order valence-corrected chi connectivity index (χ2v) is 8.60. The van der Waals surface area contributed by atoms with Crippen LogP contribution in [0.2, 0.25) is 0 Å². The molecule has 1 amide bonds. The van der Waals surface area contributed by atoms with Crippen molar-refractivity contribution in [3.63, 3.8) is 0 Å². The summed E-state index contributed by atoms with van der Waals surface area (Å²) in [6, 6.07) is 5.92. The topological polar surface area (TPSA) is 73.6 Å². The fraction of sp³-hybridized carbons (Fsp3) is 0.682. The molecule has 156 valence electrons. The van der Waals surface area contributed by atoms with Gasteiger partial charge >= 0.3 is 0 Å². The van der Waals surface area contributed by atoms with E-state index in [0.717, 1.165) is 42.7 Å². The van der Waals surface area contributed by atoms with E-state index < -0.39 is 0 Å². The van der Waals surface area contributed by atoms with Crippen molar-refractivity contribution in [2.45, 2.75) is 70.1 Å². The van der Waals surface area contributed by atoms with Crippen LogP contribution in [0.1, 0.15) is 63.5 Å². The van der Waals surface area contributed by atoms with Gasteiger partial charge in [0.05, 0.1) is 25.2 Å². The number of fused-ring (bicyclic) bond motifs is 2. The Bertz CT molecular complexity index is 690. The average Bonchev–Trinajstić information content (AvgIpc) is 3.39. The summed E-state index contributed by atoms with van der Waals surface area (Å²) in [7, 11) is 1.66. The number of nitrogens with one attached hydrogen (secondary N) is 1. The first-order valence-electron chi connectivity index (χ1n) is 10.5. The summed E-state index contributed by atoms with van der Waals surface area (Å²) < 4.78 is 11.7. The zero-order valence-electron chi connectivity index (χ0n) is 16.9. The molecule has 0 saturated heterocycles. The third kappa shape index (κ3) is 4.11. The molecule has 3 N–H and O–H groups in total. The van der Waals surface area contributed by atoms with Crippen molar-refractivity contribution in [1.29, 1.82) is 0 Å². The van der Waals surface area contributed by atoms with Crippen molar-refractivity contribution in [3.05, 3.63) is 23.8 Å². The number of benzene rings is 1. The zero-order valence-corrected chi connectivity index (χ0v) is 17.7. The maximum absolute atomic E-state index is 12.8. The molecule has 0 aliphatic heterocycles. The average molecular weight is 409 g/mol. The van der Waals surface area contributed by atoms with Crippen LogP contribution < -0.4 is 20.5 Å². The van der Waals surface area contributed by atoms with Gasteiger partial charge in [-0.25, -0.2) is 0 Å². The van der Waals surface area contributed by atoms with Crippen molar-refractivity contribution in [1.82, 2.24) is 5.32 Å². The standard InChI is InChI=1S/C22H32N2O3.ClH/c1-13(24-22(25)20-15-7-8-16(11-15)21(20)23)14-9-10-18(19(12-14)26-2)27-17-5-3-4-6-17;/h9-10,12-13,15-17,20-21H,3-8,11,23H2,1-2H3,(H,24,25);1H. The minimum Gasteiger partial charge on any atom is -0.493 e. The molecule has 0 aromatic heterocycles. The third-order valence-corrected chi connectivity index (χ3v) is 6.93. The lowest BCUT2D eigenvalue weighted by Crippen LogP contribution is -2.45. The Labute approximate surface area is 174 Å². The first-order valence-corrected chi connectivity index (χ1v) is 10.5. The number of carbonyl (C=O) groups excluding carboxylic acids is 1. The Kier molecular flexibility index (Phi) is 6.77. The number of rotatable bonds is 6. The van der Waals surface area contributed by atoms with Crippen molar-refractivity contribution in [2.75, 3.05) is 7.11 Å². The lowest BCUT2D eigenvalue weighted by atomic mass is 9.84. The molecule has 6 heteroatoms.